The first-order chi connectivity index (χ1) is 8.04. The van der Waals surface area contributed by atoms with E-state index in [2.05, 4.69) is 65.1 Å². The first-order valence-electron chi connectivity index (χ1n) is 5.75. The molecule has 0 fully saturated rings. The Morgan fingerprint density at radius 3 is 2.47 bits per heavy atom. The molecule has 0 saturated carbocycles. The maximum absolute atomic E-state index is 5.98. The van der Waals surface area contributed by atoms with E-state index in [0.717, 1.165) is 24.0 Å². The zero-order valence-corrected chi connectivity index (χ0v) is 13.1. The molecule has 2 nitrogen and oxygen atoms in total. The number of halogens is 2. The van der Waals surface area contributed by atoms with Gasteiger partial charge in [0.2, 0.25) is 0 Å². The van der Waals surface area contributed by atoms with Crippen molar-refractivity contribution in [2.45, 2.75) is 12.3 Å². The molecule has 0 radical (unpaired) electrons. The van der Waals surface area contributed by atoms with Crippen LogP contribution < -0.4 is 4.90 Å². The smallest absolute Gasteiger partial charge is 0.0494 e. The highest BCUT2D eigenvalue weighted by Crippen LogP contribution is 2.25. The standard InChI is InChI=1S/C13H20BrClN2/c1-16(2)7-4-8-17(3)13-6-5-12(14)9-11(13)10-15/h5-6,9H,4,7-8,10H2,1-3H3. The molecular formula is C13H20BrClN2. The SMILES string of the molecule is CN(C)CCCN(C)c1ccc(Br)cc1CCl. The number of alkyl halides is 1. The summed E-state index contributed by atoms with van der Waals surface area (Å²) in [7, 11) is 6.32. The molecule has 96 valence electrons. The monoisotopic (exact) mass is 318 g/mol. The summed E-state index contributed by atoms with van der Waals surface area (Å²) in [5, 5.41) is 0. The zero-order chi connectivity index (χ0) is 12.8. The molecule has 1 aromatic carbocycles. The van der Waals surface area contributed by atoms with Crippen LogP contribution in [0.5, 0.6) is 0 Å². The molecular weight excluding hydrogens is 300 g/mol. The van der Waals surface area contributed by atoms with Gasteiger partial charge < -0.3 is 9.80 Å². The largest absolute Gasteiger partial charge is 0.374 e. The second kappa shape index (κ2) is 7.24. The number of nitrogens with zero attached hydrogens (tertiary/aromatic N) is 2. The van der Waals surface area contributed by atoms with Crippen LogP contribution >= 0.6 is 27.5 Å². The van der Waals surface area contributed by atoms with Crippen LogP contribution in [0.2, 0.25) is 0 Å². The number of rotatable bonds is 6. The average Bonchev–Trinajstić information content (AvgIpc) is 2.28. The van der Waals surface area contributed by atoms with Gasteiger partial charge in [-0.2, -0.15) is 0 Å². The van der Waals surface area contributed by atoms with E-state index in [1.54, 1.807) is 0 Å². The van der Waals surface area contributed by atoms with Gasteiger partial charge in [-0.3, -0.25) is 0 Å². The van der Waals surface area contributed by atoms with Crippen LogP contribution in [-0.4, -0.2) is 39.1 Å². The van der Waals surface area contributed by atoms with Crippen molar-refractivity contribution < 1.29 is 0 Å². The Kier molecular flexibility index (Phi) is 6.31. The lowest BCUT2D eigenvalue weighted by molar-refractivity contribution is 0.401. The van der Waals surface area contributed by atoms with E-state index >= 15 is 0 Å². The summed E-state index contributed by atoms with van der Waals surface area (Å²) in [4.78, 5) is 4.48. The van der Waals surface area contributed by atoms with Gasteiger partial charge in [-0.25, -0.2) is 0 Å². The topological polar surface area (TPSA) is 6.48 Å². The molecule has 1 aromatic rings. The lowest BCUT2D eigenvalue weighted by atomic mass is 10.2. The molecule has 0 aliphatic rings. The Morgan fingerprint density at radius 2 is 1.88 bits per heavy atom. The summed E-state index contributed by atoms with van der Waals surface area (Å²) < 4.78 is 1.08. The molecule has 17 heavy (non-hydrogen) atoms. The van der Waals surface area contributed by atoms with Crippen molar-refractivity contribution >= 4 is 33.2 Å². The second-order valence-electron chi connectivity index (χ2n) is 4.49. The van der Waals surface area contributed by atoms with E-state index in [1.165, 1.54) is 11.3 Å². The molecule has 0 unspecified atom stereocenters. The quantitative estimate of drug-likeness (QED) is 0.740. The molecule has 4 heteroatoms. The lowest BCUT2D eigenvalue weighted by Gasteiger charge is -2.23. The Balaban J connectivity index is 2.64. The van der Waals surface area contributed by atoms with Gasteiger partial charge in [0.25, 0.3) is 0 Å². The first-order valence-corrected chi connectivity index (χ1v) is 7.07. The van der Waals surface area contributed by atoms with Gasteiger partial charge in [0.1, 0.15) is 0 Å². The number of benzene rings is 1. The summed E-state index contributed by atoms with van der Waals surface area (Å²) in [6.45, 7) is 2.15. The third-order valence-electron chi connectivity index (χ3n) is 2.70. The minimum absolute atomic E-state index is 0.548. The van der Waals surface area contributed by atoms with Crippen LogP contribution in [-0.2, 0) is 5.88 Å². The van der Waals surface area contributed by atoms with Crippen LogP contribution in [0.25, 0.3) is 0 Å². The Bertz CT molecular complexity index is 355. The van der Waals surface area contributed by atoms with Crippen LogP contribution in [0.3, 0.4) is 0 Å². The van der Waals surface area contributed by atoms with Gasteiger partial charge >= 0.3 is 0 Å². The molecule has 0 aliphatic heterocycles. The van der Waals surface area contributed by atoms with Gasteiger partial charge in [0, 0.05) is 29.6 Å². The highest BCUT2D eigenvalue weighted by Gasteiger charge is 2.07. The molecule has 1 rings (SSSR count). The van der Waals surface area contributed by atoms with Crippen LogP contribution in [0.15, 0.2) is 22.7 Å². The average molecular weight is 320 g/mol. The van der Waals surface area contributed by atoms with Crippen molar-refractivity contribution in [2.75, 3.05) is 39.1 Å². The Morgan fingerprint density at radius 1 is 1.18 bits per heavy atom. The highest BCUT2D eigenvalue weighted by atomic mass is 79.9. The lowest BCUT2D eigenvalue weighted by Crippen LogP contribution is -2.24. The van der Waals surface area contributed by atoms with E-state index in [1.807, 2.05) is 0 Å². The minimum atomic E-state index is 0.548. The Hall–Kier alpha value is -0.250. The fraction of sp³-hybridized carbons (Fsp3) is 0.538. The van der Waals surface area contributed by atoms with E-state index < -0.39 is 0 Å². The van der Waals surface area contributed by atoms with Gasteiger partial charge in [0.15, 0.2) is 0 Å². The predicted octanol–water partition coefficient (Wildman–Crippen LogP) is 3.58. The fourth-order valence-corrected chi connectivity index (χ4v) is 2.40. The molecule has 0 bridgehead atoms. The molecule has 0 atom stereocenters. The molecule has 0 spiro atoms. The normalized spacial score (nSPS) is 10.9. The molecule has 0 amide bonds. The van der Waals surface area contributed by atoms with Crippen LogP contribution in [0, 0.1) is 0 Å². The maximum Gasteiger partial charge on any atom is 0.0494 e. The summed E-state index contributed by atoms with van der Waals surface area (Å²) in [6, 6.07) is 6.27. The van der Waals surface area contributed by atoms with Crippen LogP contribution in [0.1, 0.15) is 12.0 Å². The van der Waals surface area contributed by atoms with Crippen molar-refractivity contribution in [1.29, 1.82) is 0 Å². The van der Waals surface area contributed by atoms with E-state index in [-0.39, 0.29) is 0 Å². The van der Waals surface area contributed by atoms with Crippen molar-refractivity contribution in [2.24, 2.45) is 0 Å². The third kappa shape index (κ3) is 4.86. The number of hydrogen-bond acceptors (Lipinski definition) is 2. The van der Waals surface area contributed by atoms with Crippen molar-refractivity contribution in [1.82, 2.24) is 4.90 Å². The van der Waals surface area contributed by atoms with E-state index in [4.69, 9.17) is 11.6 Å². The van der Waals surface area contributed by atoms with Gasteiger partial charge in [-0.1, -0.05) is 15.9 Å². The summed E-state index contributed by atoms with van der Waals surface area (Å²) >= 11 is 9.45. The molecule has 0 aromatic heterocycles. The molecule has 0 heterocycles. The van der Waals surface area contributed by atoms with Gasteiger partial charge in [0.05, 0.1) is 0 Å². The molecule has 0 aliphatic carbocycles. The first kappa shape index (κ1) is 14.8. The summed E-state index contributed by atoms with van der Waals surface area (Å²) in [5.74, 6) is 0.548. The number of hydrogen-bond donors (Lipinski definition) is 0. The van der Waals surface area contributed by atoms with E-state index in [9.17, 15) is 0 Å². The van der Waals surface area contributed by atoms with Gasteiger partial charge in [-0.15, -0.1) is 11.6 Å². The third-order valence-corrected chi connectivity index (χ3v) is 3.48. The highest BCUT2D eigenvalue weighted by molar-refractivity contribution is 9.10. The Labute approximate surface area is 118 Å². The second-order valence-corrected chi connectivity index (χ2v) is 5.67. The van der Waals surface area contributed by atoms with E-state index in [0.29, 0.717) is 5.88 Å². The maximum atomic E-state index is 5.98. The zero-order valence-electron chi connectivity index (χ0n) is 10.7. The summed E-state index contributed by atoms with van der Waals surface area (Å²) in [5.41, 5.74) is 2.40. The van der Waals surface area contributed by atoms with Crippen molar-refractivity contribution in [3.63, 3.8) is 0 Å². The van der Waals surface area contributed by atoms with Crippen LogP contribution in [0.4, 0.5) is 5.69 Å². The van der Waals surface area contributed by atoms with Crippen molar-refractivity contribution in [3.8, 4) is 0 Å². The summed E-state index contributed by atoms with van der Waals surface area (Å²) in [6.07, 6.45) is 1.15. The van der Waals surface area contributed by atoms with Gasteiger partial charge in [-0.05, 0) is 50.8 Å². The fourth-order valence-electron chi connectivity index (χ4n) is 1.78. The molecule has 0 N–H and O–H groups in total. The predicted molar refractivity (Wildman–Crippen MR) is 80.1 cm³/mol. The number of anilines is 1. The minimum Gasteiger partial charge on any atom is -0.374 e. The molecule has 0 saturated heterocycles. The van der Waals surface area contributed by atoms with Crippen molar-refractivity contribution in [3.05, 3.63) is 28.2 Å².